The molecule has 2 aliphatic heterocycles. The molecule has 104 valence electrons. The first kappa shape index (κ1) is 12.8. The molecule has 4 heteroatoms. The zero-order chi connectivity index (χ0) is 13.2. The standard InChI is InChI=1S/C15H21NO3/c1-18-13-7-5-6-11-14(17)12(10-19-15(11)13)16-8-3-2-4-9-16/h5-7,12,14,17H,2-4,8-10H2,1H3. The molecule has 1 N–H and O–H groups in total. The minimum atomic E-state index is -0.489. The van der Waals surface area contributed by atoms with Crippen molar-refractivity contribution >= 4 is 0 Å². The van der Waals surface area contributed by atoms with Crippen LogP contribution in [-0.4, -0.2) is 42.9 Å². The van der Waals surface area contributed by atoms with Crippen molar-refractivity contribution in [2.75, 3.05) is 26.8 Å². The SMILES string of the molecule is COc1cccc2c1OCC(N1CCCCC1)C2O. The summed E-state index contributed by atoms with van der Waals surface area (Å²) in [5.74, 6) is 1.40. The number of benzene rings is 1. The van der Waals surface area contributed by atoms with Crippen molar-refractivity contribution < 1.29 is 14.6 Å². The summed E-state index contributed by atoms with van der Waals surface area (Å²) in [4.78, 5) is 2.36. The van der Waals surface area contributed by atoms with Gasteiger partial charge in [0.1, 0.15) is 12.7 Å². The van der Waals surface area contributed by atoms with Gasteiger partial charge >= 0.3 is 0 Å². The van der Waals surface area contributed by atoms with Gasteiger partial charge in [-0.3, -0.25) is 4.90 Å². The summed E-state index contributed by atoms with van der Waals surface area (Å²) in [5.41, 5.74) is 0.848. The van der Waals surface area contributed by atoms with Crippen molar-refractivity contribution in [3.8, 4) is 11.5 Å². The average Bonchev–Trinajstić information content (AvgIpc) is 2.48. The van der Waals surface area contributed by atoms with E-state index < -0.39 is 6.10 Å². The van der Waals surface area contributed by atoms with E-state index in [0.717, 1.165) is 18.7 Å². The number of rotatable bonds is 2. The first-order valence-electron chi connectivity index (χ1n) is 7.03. The lowest BCUT2D eigenvalue weighted by molar-refractivity contribution is -0.00528. The molecule has 0 amide bonds. The third-order valence-corrected chi connectivity index (χ3v) is 4.17. The lowest BCUT2D eigenvalue weighted by atomic mass is 9.96. The summed E-state index contributed by atoms with van der Waals surface area (Å²) in [6.07, 6.45) is 3.24. The normalized spacial score (nSPS) is 27.5. The van der Waals surface area contributed by atoms with Crippen LogP contribution in [0.15, 0.2) is 18.2 Å². The summed E-state index contributed by atoms with van der Waals surface area (Å²) >= 11 is 0. The number of hydrogen-bond acceptors (Lipinski definition) is 4. The maximum atomic E-state index is 10.6. The van der Waals surface area contributed by atoms with Crippen molar-refractivity contribution in [2.24, 2.45) is 0 Å². The summed E-state index contributed by atoms with van der Waals surface area (Å²) in [7, 11) is 1.63. The van der Waals surface area contributed by atoms with Crippen LogP contribution >= 0.6 is 0 Å². The van der Waals surface area contributed by atoms with Crippen molar-refractivity contribution in [3.63, 3.8) is 0 Å². The van der Waals surface area contributed by atoms with Crippen LogP contribution < -0.4 is 9.47 Å². The number of ether oxygens (including phenoxy) is 2. The molecule has 0 aromatic heterocycles. The predicted octanol–water partition coefficient (Wildman–Crippen LogP) is 1.98. The van der Waals surface area contributed by atoms with Crippen molar-refractivity contribution in [1.82, 2.24) is 4.90 Å². The molecule has 1 aromatic rings. The third kappa shape index (κ3) is 2.30. The van der Waals surface area contributed by atoms with E-state index in [4.69, 9.17) is 9.47 Å². The van der Waals surface area contributed by atoms with E-state index in [2.05, 4.69) is 4.90 Å². The molecule has 4 nitrogen and oxygen atoms in total. The van der Waals surface area contributed by atoms with E-state index in [1.54, 1.807) is 7.11 Å². The Labute approximate surface area is 113 Å². The Morgan fingerprint density at radius 3 is 2.79 bits per heavy atom. The summed E-state index contributed by atoms with van der Waals surface area (Å²) in [6, 6.07) is 5.77. The van der Waals surface area contributed by atoms with Gasteiger partial charge in [-0.25, -0.2) is 0 Å². The molecule has 0 aliphatic carbocycles. The van der Waals surface area contributed by atoms with Gasteiger partial charge in [0.05, 0.1) is 13.2 Å². The Kier molecular flexibility index (Phi) is 3.62. The number of nitrogens with zero attached hydrogens (tertiary/aromatic N) is 1. The van der Waals surface area contributed by atoms with Gasteiger partial charge in [-0.05, 0) is 32.0 Å². The fraction of sp³-hybridized carbons (Fsp3) is 0.600. The first-order chi connectivity index (χ1) is 9.31. The van der Waals surface area contributed by atoms with Crippen LogP contribution in [0, 0.1) is 0 Å². The van der Waals surface area contributed by atoms with Crippen LogP contribution in [0.25, 0.3) is 0 Å². The molecule has 2 atom stereocenters. The molecule has 2 unspecified atom stereocenters. The van der Waals surface area contributed by atoms with Gasteiger partial charge in [0.15, 0.2) is 11.5 Å². The summed E-state index contributed by atoms with van der Waals surface area (Å²) in [5, 5.41) is 10.6. The molecule has 2 heterocycles. The summed E-state index contributed by atoms with van der Waals surface area (Å²) < 4.78 is 11.1. The van der Waals surface area contributed by atoms with E-state index in [9.17, 15) is 5.11 Å². The van der Waals surface area contributed by atoms with Crippen LogP contribution in [0.5, 0.6) is 11.5 Å². The number of piperidine rings is 1. The number of fused-ring (bicyclic) bond motifs is 1. The molecule has 0 bridgehead atoms. The maximum absolute atomic E-state index is 10.6. The van der Waals surface area contributed by atoms with Crippen molar-refractivity contribution in [1.29, 1.82) is 0 Å². The van der Waals surface area contributed by atoms with Crippen LogP contribution in [0.1, 0.15) is 30.9 Å². The molecule has 2 aliphatic rings. The number of aliphatic hydroxyl groups excluding tert-OH is 1. The minimum absolute atomic E-state index is 0.0694. The molecule has 3 rings (SSSR count). The highest BCUT2D eigenvalue weighted by atomic mass is 16.5. The Morgan fingerprint density at radius 2 is 2.05 bits per heavy atom. The van der Waals surface area contributed by atoms with E-state index in [1.807, 2.05) is 18.2 Å². The van der Waals surface area contributed by atoms with Gasteiger partial charge in [0, 0.05) is 5.56 Å². The second kappa shape index (κ2) is 5.39. The monoisotopic (exact) mass is 263 g/mol. The molecule has 19 heavy (non-hydrogen) atoms. The third-order valence-electron chi connectivity index (χ3n) is 4.17. The maximum Gasteiger partial charge on any atom is 0.167 e. The second-order valence-corrected chi connectivity index (χ2v) is 5.30. The smallest absolute Gasteiger partial charge is 0.167 e. The number of hydrogen-bond donors (Lipinski definition) is 1. The molecule has 0 radical (unpaired) electrons. The van der Waals surface area contributed by atoms with Crippen LogP contribution in [0.2, 0.25) is 0 Å². The van der Waals surface area contributed by atoms with Crippen molar-refractivity contribution in [2.45, 2.75) is 31.4 Å². The molecule has 1 saturated heterocycles. The second-order valence-electron chi connectivity index (χ2n) is 5.30. The molecule has 0 spiro atoms. The van der Waals surface area contributed by atoms with Gasteiger partial charge in [-0.1, -0.05) is 18.6 Å². The van der Waals surface area contributed by atoms with Crippen LogP contribution in [0.3, 0.4) is 0 Å². The molecule has 0 saturated carbocycles. The Balaban J connectivity index is 1.85. The van der Waals surface area contributed by atoms with E-state index in [1.165, 1.54) is 19.3 Å². The largest absolute Gasteiger partial charge is 0.493 e. The Morgan fingerprint density at radius 1 is 1.26 bits per heavy atom. The minimum Gasteiger partial charge on any atom is -0.493 e. The quantitative estimate of drug-likeness (QED) is 0.886. The van der Waals surface area contributed by atoms with Crippen molar-refractivity contribution in [3.05, 3.63) is 23.8 Å². The van der Waals surface area contributed by atoms with Gasteiger partial charge in [-0.15, -0.1) is 0 Å². The first-order valence-corrected chi connectivity index (χ1v) is 7.03. The van der Waals surface area contributed by atoms with E-state index >= 15 is 0 Å². The topological polar surface area (TPSA) is 41.9 Å². The van der Waals surface area contributed by atoms with Gasteiger partial charge in [0.2, 0.25) is 0 Å². The fourth-order valence-electron chi connectivity index (χ4n) is 3.10. The highest BCUT2D eigenvalue weighted by molar-refractivity contribution is 5.49. The fourth-order valence-corrected chi connectivity index (χ4v) is 3.10. The lowest BCUT2D eigenvalue weighted by Gasteiger charge is -2.40. The predicted molar refractivity (Wildman–Crippen MR) is 72.7 cm³/mol. The molecular weight excluding hydrogens is 242 g/mol. The number of aliphatic hydroxyl groups is 1. The van der Waals surface area contributed by atoms with Gasteiger partial charge < -0.3 is 14.6 Å². The van der Waals surface area contributed by atoms with Crippen LogP contribution in [0.4, 0.5) is 0 Å². The van der Waals surface area contributed by atoms with Crippen LogP contribution in [-0.2, 0) is 0 Å². The highest BCUT2D eigenvalue weighted by Gasteiger charge is 2.35. The van der Waals surface area contributed by atoms with Gasteiger partial charge in [0.25, 0.3) is 0 Å². The molecule has 1 aromatic carbocycles. The van der Waals surface area contributed by atoms with E-state index in [-0.39, 0.29) is 6.04 Å². The molecular formula is C15H21NO3. The number of likely N-dealkylation sites (tertiary alicyclic amines) is 1. The highest BCUT2D eigenvalue weighted by Crippen LogP contribution is 2.40. The van der Waals surface area contributed by atoms with Gasteiger partial charge in [-0.2, -0.15) is 0 Å². The Bertz CT molecular complexity index is 443. The lowest BCUT2D eigenvalue weighted by Crippen LogP contribution is -2.48. The summed E-state index contributed by atoms with van der Waals surface area (Å²) in [6.45, 7) is 2.66. The molecule has 1 fully saturated rings. The zero-order valence-electron chi connectivity index (χ0n) is 11.3. The Hall–Kier alpha value is -1.26. The number of methoxy groups -OCH3 is 1. The van der Waals surface area contributed by atoms with E-state index in [0.29, 0.717) is 18.1 Å². The zero-order valence-corrected chi connectivity index (χ0v) is 11.3. The average molecular weight is 263 g/mol. The number of para-hydroxylation sites is 1.